The van der Waals surface area contributed by atoms with Gasteiger partial charge in [-0.1, -0.05) is 6.07 Å². The predicted octanol–water partition coefficient (Wildman–Crippen LogP) is 2.39. The molecule has 3 N–H and O–H groups in total. The number of aromatic nitrogens is 1. The maximum Gasteiger partial charge on any atom is 0.143 e. The lowest BCUT2D eigenvalue weighted by Gasteiger charge is -2.11. The number of para-hydroxylation sites is 1. The zero-order valence-corrected chi connectivity index (χ0v) is 10.5. The number of methoxy groups -OCH3 is 1. The minimum absolute atomic E-state index is 0.647. The lowest BCUT2D eigenvalue weighted by molar-refractivity contribution is 0.417. The van der Waals surface area contributed by atoms with Crippen molar-refractivity contribution in [2.45, 2.75) is 6.42 Å². The molecule has 1 heterocycles. The maximum absolute atomic E-state index is 5.95. The number of rotatable bonds is 5. The number of nitrogens with one attached hydrogen (secondary N) is 1. The summed E-state index contributed by atoms with van der Waals surface area (Å²) in [5, 5.41) is 5.34. The van der Waals surface area contributed by atoms with Gasteiger partial charge in [0.25, 0.3) is 0 Å². The van der Waals surface area contributed by atoms with Gasteiger partial charge in [-0.05, 0) is 12.1 Å². The van der Waals surface area contributed by atoms with E-state index in [4.69, 9.17) is 10.5 Å². The summed E-state index contributed by atoms with van der Waals surface area (Å²) in [5.41, 5.74) is 10.4. The van der Waals surface area contributed by atoms with Crippen molar-refractivity contribution < 1.29 is 4.74 Å². The fourth-order valence-corrected chi connectivity index (χ4v) is 2.16. The SMILES string of the molecule is COc1cccc(NCCc2cscn2)c1N. The van der Waals surface area contributed by atoms with E-state index in [0.717, 1.165) is 24.3 Å². The molecule has 0 saturated carbocycles. The Balaban J connectivity index is 1.95. The summed E-state index contributed by atoms with van der Waals surface area (Å²) in [6.07, 6.45) is 0.889. The van der Waals surface area contributed by atoms with Crippen LogP contribution in [0.3, 0.4) is 0 Å². The van der Waals surface area contributed by atoms with E-state index in [1.807, 2.05) is 23.7 Å². The molecule has 2 rings (SSSR count). The first-order valence-corrected chi connectivity index (χ1v) is 6.29. The standard InChI is InChI=1S/C12H15N3OS/c1-16-11-4-2-3-10(12(11)13)14-6-5-9-7-17-8-15-9/h2-4,7-8,14H,5-6,13H2,1H3. The van der Waals surface area contributed by atoms with Crippen molar-refractivity contribution in [1.82, 2.24) is 4.98 Å². The molecule has 4 nitrogen and oxygen atoms in total. The van der Waals surface area contributed by atoms with E-state index in [9.17, 15) is 0 Å². The average Bonchev–Trinajstić information content (AvgIpc) is 2.84. The highest BCUT2D eigenvalue weighted by atomic mass is 32.1. The van der Waals surface area contributed by atoms with Gasteiger partial charge in [0, 0.05) is 18.3 Å². The van der Waals surface area contributed by atoms with E-state index in [-0.39, 0.29) is 0 Å². The molecule has 0 atom stereocenters. The quantitative estimate of drug-likeness (QED) is 0.799. The van der Waals surface area contributed by atoms with Gasteiger partial charge in [0.15, 0.2) is 0 Å². The summed E-state index contributed by atoms with van der Waals surface area (Å²) < 4.78 is 5.16. The van der Waals surface area contributed by atoms with Gasteiger partial charge < -0.3 is 15.8 Å². The molecule has 1 aromatic carbocycles. The van der Waals surface area contributed by atoms with Crippen molar-refractivity contribution >= 4 is 22.7 Å². The highest BCUT2D eigenvalue weighted by Gasteiger charge is 2.04. The number of nitrogens with two attached hydrogens (primary N) is 1. The van der Waals surface area contributed by atoms with Gasteiger partial charge in [0.1, 0.15) is 5.75 Å². The summed E-state index contributed by atoms with van der Waals surface area (Å²) in [6, 6.07) is 5.71. The first-order chi connectivity index (χ1) is 8.31. The summed E-state index contributed by atoms with van der Waals surface area (Å²) in [5.74, 6) is 0.698. The second-order valence-corrected chi connectivity index (χ2v) is 4.30. The molecular weight excluding hydrogens is 234 g/mol. The average molecular weight is 249 g/mol. The van der Waals surface area contributed by atoms with Crippen LogP contribution in [-0.2, 0) is 6.42 Å². The van der Waals surface area contributed by atoms with E-state index in [1.54, 1.807) is 18.4 Å². The van der Waals surface area contributed by atoms with Gasteiger partial charge in [-0.2, -0.15) is 0 Å². The first kappa shape index (κ1) is 11.7. The lowest BCUT2D eigenvalue weighted by Crippen LogP contribution is -2.07. The largest absolute Gasteiger partial charge is 0.495 e. The van der Waals surface area contributed by atoms with Crippen LogP contribution in [0.1, 0.15) is 5.69 Å². The summed E-state index contributed by atoms with van der Waals surface area (Å²) in [4.78, 5) is 4.23. The minimum atomic E-state index is 0.647. The van der Waals surface area contributed by atoms with Crippen LogP contribution in [0.5, 0.6) is 5.75 Å². The van der Waals surface area contributed by atoms with Crippen molar-refractivity contribution in [2.24, 2.45) is 0 Å². The van der Waals surface area contributed by atoms with Gasteiger partial charge in [-0.25, -0.2) is 4.98 Å². The number of nitrogen functional groups attached to an aromatic ring is 1. The second-order valence-electron chi connectivity index (χ2n) is 3.58. The van der Waals surface area contributed by atoms with Gasteiger partial charge in [0.05, 0.1) is 29.7 Å². The monoisotopic (exact) mass is 249 g/mol. The number of thiazole rings is 1. The number of hydrogen-bond acceptors (Lipinski definition) is 5. The Hall–Kier alpha value is -1.75. The van der Waals surface area contributed by atoms with E-state index < -0.39 is 0 Å². The van der Waals surface area contributed by atoms with Crippen LogP contribution < -0.4 is 15.8 Å². The molecular formula is C12H15N3OS. The number of hydrogen-bond donors (Lipinski definition) is 2. The molecule has 0 unspecified atom stereocenters. The normalized spacial score (nSPS) is 10.2. The van der Waals surface area contributed by atoms with Crippen LogP contribution in [0.25, 0.3) is 0 Å². The fourth-order valence-electron chi connectivity index (χ4n) is 1.56. The van der Waals surface area contributed by atoms with Gasteiger partial charge in [0.2, 0.25) is 0 Å². The van der Waals surface area contributed by atoms with E-state index in [2.05, 4.69) is 15.7 Å². The van der Waals surface area contributed by atoms with Crippen molar-refractivity contribution in [3.8, 4) is 5.75 Å². The van der Waals surface area contributed by atoms with Crippen molar-refractivity contribution in [2.75, 3.05) is 24.7 Å². The molecule has 0 amide bonds. The Morgan fingerprint density at radius 1 is 1.47 bits per heavy atom. The third-order valence-corrected chi connectivity index (χ3v) is 3.10. The molecule has 0 bridgehead atoms. The Morgan fingerprint density at radius 3 is 3.06 bits per heavy atom. The molecule has 2 aromatic rings. The van der Waals surface area contributed by atoms with Crippen LogP contribution in [0.2, 0.25) is 0 Å². The molecule has 5 heteroatoms. The Labute approximate surface area is 104 Å². The number of benzene rings is 1. The lowest BCUT2D eigenvalue weighted by atomic mass is 10.2. The molecule has 0 aliphatic heterocycles. The van der Waals surface area contributed by atoms with Crippen molar-refractivity contribution in [3.05, 3.63) is 34.8 Å². The van der Waals surface area contributed by atoms with E-state index in [1.165, 1.54) is 0 Å². The number of anilines is 2. The molecule has 17 heavy (non-hydrogen) atoms. The van der Waals surface area contributed by atoms with Crippen molar-refractivity contribution in [3.63, 3.8) is 0 Å². The minimum Gasteiger partial charge on any atom is -0.495 e. The number of nitrogens with zero attached hydrogens (tertiary/aromatic N) is 1. The Morgan fingerprint density at radius 2 is 2.35 bits per heavy atom. The zero-order valence-electron chi connectivity index (χ0n) is 9.64. The third-order valence-electron chi connectivity index (χ3n) is 2.47. The Bertz CT molecular complexity index is 471. The molecule has 0 aliphatic rings. The second kappa shape index (κ2) is 5.54. The highest BCUT2D eigenvalue weighted by molar-refractivity contribution is 7.07. The predicted molar refractivity (Wildman–Crippen MR) is 71.7 cm³/mol. The Kier molecular flexibility index (Phi) is 3.82. The highest BCUT2D eigenvalue weighted by Crippen LogP contribution is 2.28. The molecule has 0 aliphatic carbocycles. The summed E-state index contributed by atoms with van der Waals surface area (Å²) in [6.45, 7) is 0.807. The van der Waals surface area contributed by atoms with Crippen LogP contribution in [0.4, 0.5) is 11.4 Å². The molecule has 0 spiro atoms. The maximum atomic E-state index is 5.95. The van der Waals surface area contributed by atoms with Crippen LogP contribution in [0, 0.1) is 0 Å². The zero-order chi connectivity index (χ0) is 12.1. The van der Waals surface area contributed by atoms with Crippen LogP contribution in [-0.4, -0.2) is 18.6 Å². The van der Waals surface area contributed by atoms with Crippen molar-refractivity contribution in [1.29, 1.82) is 0 Å². The van der Waals surface area contributed by atoms with E-state index in [0.29, 0.717) is 11.4 Å². The van der Waals surface area contributed by atoms with Gasteiger partial charge in [-0.15, -0.1) is 11.3 Å². The summed E-state index contributed by atoms with van der Waals surface area (Å²) in [7, 11) is 1.62. The first-order valence-electron chi connectivity index (χ1n) is 5.34. The molecule has 90 valence electrons. The molecule has 1 aromatic heterocycles. The van der Waals surface area contributed by atoms with Crippen LogP contribution in [0.15, 0.2) is 29.1 Å². The third kappa shape index (κ3) is 2.88. The van der Waals surface area contributed by atoms with E-state index >= 15 is 0 Å². The fraction of sp³-hybridized carbons (Fsp3) is 0.250. The summed E-state index contributed by atoms with van der Waals surface area (Å²) >= 11 is 1.61. The molecule has 0 saturated heterocycles. The molecule has 0 fully saturated rings. The topological polar surface area (TPSA) is 60.2 Å². The molecule has 0 radical (unpaired) electrons. The van der Waals surface area contributed by atoms with Crippen LogP contribution >= 0.6 is 11.3 Å². The smallest absolute Gasteiger partial charge is 0.143 e. The number of ether oxygens (including phenoxy) is 1. The van der Waals surface area contributed by atoms with Gasteiger partial charge in [-0.3, -0.25) is 0 Å². The van der Waals surface area contributed by atoms with Gasteiger partial charge >= 0.3 is 0 Å².